The number of rotatable bonds is 4. The molecule has 1 aromatic rings. The van der Waals surface area contributed by atoms with Gasteiger partial charge in [0, 0.05) is 24.2 Å². The lowest BCUT2D eigenvalue weighted by Gasteiger charge is -2.30. The summed E-state index contributed by atoms with van der Waals surface area (Å²) in [4.78, 5) is 10.3. The number of hydrogen-bond donors (Lipinski definition) is 2. The smallest absolute Gasteiger partial charge is 0.269 e. The number of hydrogen-bond acceptors (Lipinski definition) is 5. The number of sulfonamides is 1. The molecule has 0 spiro atoms. The van der Waals surface area contributed by atoms with Crippen molar-refractivity contribution in [1.29, 1.82) is 0 Å². The fraction of sp³-hybridized carbons (Fsp3) is 0.538. The Morgan fingerprint density at radius 1 is 1.41 bits per heavy atom. The lowest BCUT2D eigenvalue weighted by atomic mass is 10.0. The second-order valence-electron chi connectivity index (χ2n) is 5.32. The molecule has 1 aliphatic rings. The number of nitro benzene ring substituents is 1. The van der Waals surface area contributed by atoms with Gasteiger partial charge < -0.3 is 5.32 Å². The van der Waals surface area contributed by atoms with E-state index in [1.54, 1.807) is 6.92 Å². The molecular weight excluding hydrogens is 330 g/mol. The minimum atomic E-state index is -3.68. The lowest BCUT2D eigenvalue weighted by molar-refractivity contribution is -0.385. The SMILES string of the molecule is Cc1cc([N+](=O)[O-])ccc1S(=O)(=O)NC1CCCNC1C.Cl. The van der Waals surface area contributed by atoms with Crippen molar-refractivity contribution in [2.75, 3.05) is 6.54 Å². The van der Waals surface area contributed by atoms with Crippen LogP contribution in [0.1, 0.15) is 25.3 Å². The number of aryl methyl sites for hydroxylation is 1. The summed E-state index contributed by atoms with van der Waals surface area (Å²) in [7, 11) is -3.68. The van der Waals surface area contributed by atoms with Crippen LogP contribution in [0.15, 0.2) is 23.1 Å². The van der Waals surface area contributed by atoms with E-state index in [4.69, 9.17) is 0 Å². The van der Waals surface area contributed by atoms with Gasteiger partial charge in [-0.1, -0.05) is 0 Å². The Morgan fingerprint density at radius 3 is 2.64 bits per heavy atom. The summed E-state index contributed by atoms with van der Waals surface area (Å²) in [6.45, 7) is 4.38. The zero-order chi connectivity index (χ0) is 15.6. The summed E-state index contributed by atoms with van der Waals surface area (Å²) in [6.07, 6.45) is 1.69. The number of nitrogens with zero attached hydrogens (tertiary/aromatic N) is 1. The van der Waals surface area contributed by atoms with E-state index in [1.807, 2.05) is 6.92 Å². The van der Waals surface area contributed by atoms with E-state index in [1.165, 1.54) is 18.2 Å². The summed E-state index contributed by atoms with van der Waals surface area (Å²) in [6, 6.07) is 3.67. The van der Waals surface area contributed by atoms with Gasteiger partial charge in [-0.05, 0) is 44.9 Å². The molecular formula is C13H20ClN3O4S. The summed E-state index contributed by atoms with van der Waals surface area (Å²) in [5.74, 6) is 0. The highest BCUT2D eigenvalue weighted by Gasteiger charge is 2.27. The summed E-state index contributed by atoms with van der Waals surface area (Å²) >= 11 is 0. The monoisotopic (exact) mass is 349 g/mol. The zero-order valence-corrected chi connectivity index (χ0v) is 14.0. The first-order valence-corrected chi connectivity index (χ1v) is 8.30. The van der Waals surface area contributed by atoms with E-state index in [2.05, 4.69) is 10.0 Å². The number of halogens is 1. The number of nitro groups is 1. The van der Waals surface area contributed by atoms with Gasteiger partial charge >= 0.3 is 0 Å². The average molecular weight is 350 g/mol. The Balaban J connectivity index is 0.00000242. The third-order valence-corrected chi connectivity index (χ3v) is 5.38. The van der Waals surface area contributed by atoms with E-state index >= 15 is 0 Å². The predicted octanol–water partition coefficient (Wildman–Crippen LogP) is 1.74. The number of nitrogens with one attached hydrogen (secondary N) is 2. The van der Waals surface area contributed by atoms with Crippen molar-refractivity contribution in [2.45, 2.75) is 43.7 Å². The zero-order valence-electron chi connectivity index (χ0n) is 12.4. The minimum absolute atomic E-state index is 0. The highest BCUT2D eigenvalue weighted by molar-refractivity contribution is 7.89. The Morgan fingerprint density at radius 2 is 2.09 bits per heavy atom. The number of benzene rings is 1. The molecule has 0 aromatic heterocycles. The largest absolute Gasteiger partial charge is 0.313 e. The van der Waals surface area contributed by atoms with Crippen molar-refractivity contribution in [2.24, 2.45) is 0 Å². The van der Waals surface area contributed by atoms with Gasteiger partial charge in [0.2, 0.25) is 10.0 Å². The molecule has 0 aliphatic carbocycles. The molecule has 2 rings (SSSR count). The van der Waals surface area contributed by atoms with Crippen LogP contribution in [0.3, 0.4) is 0 Å². The van der Waals surface area contributed by atoms with Crippen molar-refractivity contribution in [3.05, 3.63) is 33.9 Å². The maximum atomic E-state index is 12.4. The van der Waals surface area contributed by atoms with Crippen molar-refractivity contribution < 1.29 is 13.3 Å². The van der Waals surface area contributed by atoms with Crippen LogP contribution in [-0.2, 0) is 10.0 Å². The molecule has 2 N–H and O–H groups in total. The van der Waals surface area contributed by atoms with Crippen molar-refractivity contribution in [3.8, 4) is 0 Å². The van der Waals surface area contributed by atoms with Crippen LogP contribution >= 0.6 is 12.4 Å². The molecule has 1 aliphatic heterocycles. The topological polar surface area (TPSA) is 101 Å². The van der Waals surface area contributed by atoms with E-state index in [0.717, 1.165) is 19.4 Å². The normalized spacial score (nSPS) is 21.9. The van der Waals surface area contributed by atoms with E-state index < -0.39 is 14.9 Å². The Hall–Kier alpha value is -1.22. The van der Waals surface area contributed by atoms with Gasteiger partial charge in [-0.15, -0.1) is 12.4 Å². The molecule has 0 bridgehead atoms. The standard InChI is InChI=1S/C13H19N3O4S.ClH/c1-9-8-11(16(17)18)5-6-13(9)21(19,20)15-12-4-3-7-14-10(12)2;/h5-6,8,10,12,14-15H,3-4,7H2,1-2H3;1H. The lowest BCUT2D eigenvalue weighted by Crippen LogP contribution is -2.51. The molecule has 0 saturated carbocycles. The van der Waals surface area contributed by atoms with E-state index in [0.29, 0.717) is 5.56 Å². The molecule has 1 aromatic carbocycles. The molecule has 9 heteroatoms. The molecule has 1 heterocycles. The van der Waals surface area contributed by atoms with Gasteiger partial charge in [-0.25, -0.2) is 13.1 Å². The molecule has 0 radical (unpaired) electrons. The molecule has 2 atom stereocenters. The maximum Gasteiger partial charge on any atom is 0.269 e. The van der Waals surface area contributed by atoms with Gasteiger partial charge in [-0.2, -0.15) is 0 Å². The van der Waals surface area contributed by atoms with Crippen LogP contribution in [0.2, 0.25) is 0 Å². The second kappa shape index (κ2) is 7.36. The molecule has 1 fully saturated rings. The second-order valence-corrected chi connectivity index (χ2v) is 7.00. The highest BCUT2D eigenvalue weighted by Crippen LogP contribution is 2.22. The van der Waals surface area contributed by atoms with Crippen LogP contribution in [0, 0.1) is 17.0 Å². The molecule has 22 heavy (non-hydrogen) atoms. The first-order chi connectivity index (χ1) is 9.81. The molecule has 7 nitrogen and oxygen atoms in total. The first-order valence-electron chi connectivity index (χ1n) is 6.82. The van der Waals surface area contributed by atoms with Crippen LogP contribution < -0.4 is 10.0 Å². The number of piperidine rings is 1. The number of non-ortho nitro benzene ring substituents is 1. The molecule has 1 saturated heterocycles. The molecule has 0 amide bonds. The van der Waals surface area contributed by atoms with Gasteiger partial charge in [0.05, 0.1) is 9.82 Å². The Kier molecular flexibility index (Phi) is 6.30. The van der Waals surface area contributed by atoms with Gasteiger partial charge in [0.15, 0.2) is 0 Å². The fourth-order valence-corrected chi connectivity index (χ4v) is 4.09. The maximum absolute atomic E-state index is 12.4. The van der Waals surface area contributed by atoms with Gasteiger partial charge in [0.25, 0.3) is 5.69 Å². The van der Waals surface area contributed by atoms with Crippen molar-refractivity contribution in [1.82, 2.24) is 10.0 Å². The third-order valence-electron chi connectivity index (χ3n) is 3.73. The molecule has 2 unspecified atom stereocenters. The fourth-order valence-electron chi connectivity index (χ4n) is 2.52. The predicted molar refractivity (Wildman–Crippen MR) is 85.9 cm³/mol. The molecule has 124 valence electrons. The summed E-state index contributed by atoms with van der Waals surface area (Å²) < 4.78 is 27.6. The van der Waals surface area contributed by atoms with Crippen LogP contribution in [0.5, 0.6) is 0 Å². The Bertz CT molecular complexity index is 651. The van der Waals surface area contributed by atoms with E-state index in [9.17, 15) is 18.5 Å². The summed E-state index contributed by atoms with van der Waals surface area (Å²) in [5.41, 5.74) is 0.257. The van der Waals surface area contributed by atoms with Gasteiger partial charge in [-0.3, -0.25) is 10.1 Å². The highest BCUT2D eigenvalue weighted by atomic mass is 35.5. The van der Waals surface area contributed by atoms with Crippen molar-refractivity contribution >= 4 is 28.1 Å². The summed E-state index contributed by atoms with van der Waals surface area (Å²) in [5, 5.41) is 13.9. The van der Waals surface area contributed by atoms with Crippen LogP contribution in [-0.4, -0.2) is 32.0 Å². The first kappa shape index (κ1) is 18.8. The minimum Gasteiger partial charge on any atom is -0.313 e. The van der Waals surface area contributed by atoms with E-state index in [-0.39, 0.29) is 35.1 Å². The van der Waals surface area contributed by atoms with Crippen LogP contribution in [0.4, 0.5) is 5.69 Å². The average Bonchev–Trinajstić information content (AvgIpc) is 2.40. The van der Waals surface area contributed by atoms with Crippen molar-refractivity contribution in [3.63, 3.8) is 0 Å². The third kappa shape index (κ3) is 4.16. The van der Waals surface area contributed by atoms with Gasteiger partial charge in [0.1, 0.15) is 0 Å². The quantitative estimate of drug-likeness (QED) is 0.637. The Labute approximate surface area is 136 Å². The van der Waals surface area contributed by atoms with Crippen LogP contribution in [0.25, 0.3) is 0 Å².